The van der Waals surface area contributed by atoms with Gasteiger partial charge in [-0.05, 0) is 13.3 Å². The first-order valence-electron chi connectivity index (χ1n) is 3.99. The Balaban J connectivity index is 2.11. The lowest BCUT2D eigenvalue weighted by Crippen LogP contribution is -2.20. The van der Waals surface area contributed by atoms with E-state index in [-0.39, 0.29) is 6.10 Å². The molecule has 1 unspecified atom stereocenters. The summed E-state index contributed by atoms with van der Waals surface area (Å²) in [5.41, 5.74) is 0. The van der Waals surface area contributed by atoms with Gasteiger partial charge in [-0.25, -0.2) is 4.98 Å². The van der Waals surface area contributed by atoms with Crippen LogP contribution in [-0.2, 0) is 0 Å². The highest BCUT2D eigenvalue weighted by Crippen LogP contribution is 2.21. The highest BCUT2D eigenvalue weighted by molar-refractivity contribution is 7.09. The summed E-state index contributed by atoms with van der Waals surface area (Å²) < 4.78 is 4.09. The third-order valence-electron chi connectivity index (χ3n) is 1.95. The van der Waals surface area contributed by atoms with E-state index in [1.807, 2.05) is 6.92 Å². The highest BCUT2D eigenvalue weighted by atomic mass is 32.1. The zero-order chi connectivity index (χ0) is 8.55. The fourth-order valence-electron chi connectivity index (χ4n) is 1.33. The Morgan fingerprint density at radius 2 is 2.50 bits per heavy atom. The van der Waals surface area contributed by atoms with Crippen molar-refractivity contribution < 1.29 is 5.11 Å². The molecule has 0 spiro atoms. The first kappa shape index (κ1) is 7.94. The van der Waals surface area contributed by atoms with Gasteiger partial charge in [0.15, 0.2) is 0 Å². The van der Waals surface area contributed by atoms with Gasteiger partial charge in [-0.3, -0.25) is 0 Å². The molecule has 12 heavy (non-hydrogen) atoms. The molecule has 1 N–H and O–H groups in total. The molecule has 1 aliphatic rings. The van der Waals surface area contributed by atoms with E-state index in [1.165, 1.54) is 11.5 Å². The van der Waals surface area contributed by atoms with Gasteiger partial charge in [0.25, 0.3) is 0 Å². The highest BCUT2D eigenvalue weighted by Gasteiger charge is 2.22. The van der Waals surface area contributed by atoms with E-state index in [2.05, 4.69) is 14.3 Å². The second-order valence-electron chi connectivity index (χ2n) is 3.01. The lowest BCUT2D eigenvalue weighted by molar-refractivity contribution is 0.198. The fraction of sp³-hybridized carbons (Fsp3) is 0.714. The summed E-state index contributed by atoms with van der Waals surface area (Å²) in [5, 5.41) is 10.2. The number of nitrogens with zero attached hydrogens (tertiary/aromatic N) is 3. The van der Waals surface area contributed by atoms with Crippen molar-refractivity contribution in [2.75, 3.05) is 18.0 Å². The van der Waals surface area contributed by atoms with E-state index < -0.39 is 0 Å². The Labute approximate surface area is 75.0 Å². The molecule has 1 aromatic heterocycles. The first-order valence-corrected chi connectivity index (χ1v) is 4.76. The van der Waals surface area contributed by atoms with Crippen molar-refractivity contribution in [1.29, 1.82) is 0 Å². The quantitative estimate of drug-likeness (QED) is 0.688. The fourth-order valence-corrected chi connectivity index (χ4v) is 2.04. The van der Waals surface area contributed by atoms with E-state index in [4.69, 9.17) is 0 Å². The molecule has 0 saturated carbocycles. The molecule has 1 atom stereocenters. The molecule has 2 rings (SSSR count). The maximum atomic E-state index is 9.28. The molecule has 4 nitrogen and oxygen atoms in total. The Bertz CT molecular complexity index is 275. The molecular formula is C7H11N3OS. The maximum absolute atomic E-state index is 9.28. The number of aromatic nitrogens is 2. The second-order valence-corrected chi connectivity index (χ2v) is 3.74. The third kappa shape index (κ3) is 1.42. The first-order chi connectivity index (χ1) is 5.75. The second kappa shape index (κ2) is 2.99. The Kier molecular flexibility index (Phi) is 1.98. The van der Waals surface area contributed by atoms with Gasteiger partial charge in [-0.15, -0.1) is 0 Å². The van der Waals surface area contributed by atoms with Crippen LogP contribution in [0.15, 0.2) is 0 Å². The zero-order valence-corrected chi connectivity index (χ0v) is 7.71. The van der Waals surface area contributed by atoms with Crippen molar-refractivity contribution in [3.8, 4) is 0 Å². The zero-order valence-electron chi connectivity index (χ0n) is 6.90. The minimum atomic E-state index is -0.186. The molecule has 66 valence electrons. The molecule has 0 bridgehead atoms. The molecule has 0 aromatic carbocycles. The molecule has 1 aliphatic heterocycles. The van der Waals surface area contributed by atoms with E-state index >= 15 is 0 Å². The van der Waals surface area contributed by atoms with Crippen molar-refractivity contribution in [2.24, 2.45) is 0 Å². The van der Waals surface area contributed by atoms with Gasteiger partial charge in [0.05, 0.1) is 6.10 Å². The normalized spacial score (nSPS) is 23.5. The van der Waals surface area contributed by atoms with Crippen molar-refractivity contribution in [1.82, 2.24) is 9.36 Å². The molecule has 1 saturated heterocycles. The maximum Gasteiger partial charge on any atom is 0.205 e. The number of aryl methyl sites for hydroxylation is 1. The molecule has 1 fully saturated rings. The number of aliphatic hydroxyl groups is 1. The summed E-state index contributed by atoms with van der Waals surface area (Å²) in [5.74, 6) is 0.816. The molecule has 1 aromatic rings. The molecular weight excluding hydrogens is 174 g/mol. The molecule has 2 heterocycles. The number of anilines is 1. The van der Waals surface area contributed by atoms with Crippen LogP contribution in [0.3, 0.4) is 0 Å². The average molecular weight is 185 g/mol. The van der Waals surface area contributed by atoms with Crippen LogP contribution in [0.25, 0.3) is 0 Å². The van der Waals surface area contributed by atoms with Crippen molar-refractivity contribution >= 4 is 16.7 Å². The summed E-state index contributed by atoms with van der Waals surface area (Å²) in [6, 6.07) is 0. The largest absolute Gasteiger partial charge is 0.391 e. The van der Waals surface area contributed by atoms with Gasteiger partial charge in [0.1, 0.15) is 5.82 Å². The van der Waals surface area contributed by atoms with Gasteiger partial charge in [-0.1, -0.05) is 0 Å². The minimum Gasteiger partial charge on any atom is -0.391 e. The lowest BCUT2D eigenvalue weighted by atomic mass is 10.3. The Morgan fingerprint density at radius 1 is 1.67 bits per heavy atom. The number of hydrogen-bond acceptors (Lipinski definition) is 5. The average Bonchev–Trinajstić information content (AvgIpc) is 2.58. The molecule has 5 heteroatoms. The van der Waals surface area contributed by atoms with E-state index in [1.54, 1.807) is 0 Å². The number of aliphatic hydroxyl groups excluding tert-OH is 1. The summed E-state index contributed by atoms with van der Waals surface area (Å²) in [7, 11) is 0. The Hall–Kier alpha value is -0.680. The van der Waals surface area contributed by atoms with Crippen molar-refractivity contribution in [2.45, 2.75) is 19.4 Å². The van der Waals surface area contributed by atoms with Crippen LogP contribution in [-0.4, -0.2) is 33.7 Å². The summed E-state index contributed by atoms with van der Waals surface area (Å²) in [6.45, 7) is 3.48. The number of rotatable bonds is 1. The summed E-state index contributed by atoms with van der Waals surface area (Å²) in [6.07, 6.45) is 0.660. The third-order valence-corrected chi connectivity index (χ3v) is 2.82. The van der Waals surface area contributed by atoms with Gasteiger partial charge in [0.2, 0.25) is 5.13 Å². The van der Waals surface area contributed by atoms with Crippen LogP contribution in [0, 0.1) is 6.92 Å². The van der Waals surface area contributed by atoms with E-state index in [9.17, 15) is 5.11 Å². The number of β-amino-alcohol motifs (C(OH)–C–C–N with tert-alkyl or cyclic N) is 1. The van der Waals surface area contributed by atoms with Crippen molar-refractivity contribution in [3.63, 3.8) is 0 Å². The van der Waals surface area contributed by atoms with Crippen LogP contribution in [0.4, 0.5) is 5.13 Å². The van der Waals surface area contributed by atoms with Crippen LogP contribution in [0.1, 0.15) is 12.2 Å². The predicted octanol–water partition coefficient (Wildman–Crippen LogP) is 0.418. The topological polar surface area (TPSA) is 49.2 Å². The monoisotopic (exact) mass is 185 g/mol. The van der Waals surface area contributed by atoms with Crippen LogP contribution in [0.5, 0.6) is 0 Å². The number of hydrogen-bond donors (Lipinski definition) is 1. The summed E-state index contributed by atoms with van der Waals surface area (Å²) >= 11 is 1.40. The van der Waals surface area contributed by atoms with Gasteiger partial charge in [-0.2, -0.15) is 4.37 Å². The minimum absolute atomic E-state index is 0.186. The molecule has 0 radical (unpaired) electrons. The van der Waals surface area contributed by atoms with Gasteiger partial charge in [0, 0.05) is 24.6 Å². The van der Waals surface area contributed by atoms with Crippen LogP contribution >= 0.6 is 11.5 Å². The Morgan fingerprint density at radius 3 is 3.00 bits per heavy atom. The standard InChI is InChI=1S/C7H11N3OS/c1-5-8-7(12-9-5)10-3-2-6(11)4-10/h6,11H,2-4H2,1H3. The van der Waals surface area contributed by atoms with Crippen LogP contribution < -0.4 is 4.90 Å². The predicted molar refractivity (Wildman–Crippen MR) is 47.5 cm³/mol. The summed E-state index contributed by atoms with van der Waals surface area (Å²) in [4.78, 5) is 6.33. The smallest absolute Gasteiger partial charge is 0.205 e. The van der Waals surface area contributed by atoms with Crippen LogP contribution in [0.2, 0.25) is 0 Å². The van der Waals surface area contributed by atoms with Gasteiger partial charge >= 0.3 is 0 Å². The lowest BCUT2D eigenvalue weighted by Gasteiger charge is -2.11. The molecule has 0 amide bonds. The SMILES string of the molecule is Cc1nsc(N2CCC(O)C2)n1. The van der Waals surface area contributed by atoms with Gasteiger partial charge < -0.3 is 10.0 Å². The van der Waals surface area contributed by atoms with Crippen molar-refractivity contribution in [3.05, 3.63) is 5.82 Å². The molecule has 0 aliphatic carbocycles. The van der Waals surface area contributed by atoms with E-state index in [0.717, 1.165) is 23.9 Å². The van der Waals surface area contributed by atoms with E-state index in [0.29, 0.717) is 6.54 Å².